The van der Waals surface area contributed by atoms with Gasteiger partial charge < -0.3 is 14.2 Å². The number of hydrogen-bond donors (Lipinski definition) is 0. The lowest BCUT2D eigenvalue weighted by Gasteiger charge is -2.52. The van der Waals surface area contributed by atoms with Crippen molar-refractivity contribution in [3.63, 3.8) is 0 Å². The van der Waals surface area contributed by atoms with E-state index >= 15 is 0 Å². The molecule has 1 aliphatic carbocycles. The van der Waals surface area contributed by atoms with Gasteiger partial charge >= 0.3 is 0 Å². The minimum absolute atomic E-state index is 0.0129. The van der Waals surface area contributed by atoms with Gasteiger partial charge in [-0.2, -0.15) is 0 Å². The molecule has 29 heavy (non-hydrogen) atoms. The van der Waals surface area contributed by atoms with Crippen molar-refractivity contribution in [2.24, 2.45) is 5.41 Å². The molecule has 1 saturated carbocycles. The SMILES string of the molecule is CC(=O)N1[C@@H](Cc2ccccc2)[C@@H]2C[C@@]3(C)[C@H](CCC[C@@H]13)N2C(=O)c1cnco1. The molecule has 3 aliphatic rings. The van der Waals surface area contributed by atoms with Gasteiger partial charge in [0.15, 0.2) is 6.39 Å². The smallest absolute Gasteiger partial charge is 0.291 e. The van der Waals surface area contributed by atoms with Gasteiger partial charge in [0.2, 0.25) is 11.7 Å². The number of fused-ring (bicyclic) bond motifs is 1. The van der Waals surface area contributed by atoms with Crippen LogP contribution in [0.15, 0.2) is 47.3 Å². The van der Waals surface area contributed by atoms with E-state index in [-0.39, 0.29) is 47.2 Å². The predicted molar refractivity (Wildman–Crippen MR) is 107 cm³/mol. The van der Waals surface area contributed by atoms with Crippen LogP contribution >= 0.6 is 0 Å². The van der Waals surface area contributed by atoms with Crippen LogP contribution < -0.4 is 0 Å². The Kier molecular flexibility index (Phi) is 4.26. The first-order chi connectivity index (χ1) is 14.0. The van der Waals surface area contributed by atoms with Crippen molar-refractivity contribution < 1.29 is 14.0 Å². The number of nitrogens with zero attached hydrogens (tertiary/aromatic N) is 3. The summed E-state index contributed by atoms with van der Waals surface area (Å²) in [5, 5.41) is 0. The van der Waals surface area contributed by atoms with E-state index in [9.17, 15) is 9.59 Å². The predicted octanol–water partition coefficient (Wildman–Crippen LogP) is 3.29. The average Bonchev–Trinajstić information content (AvgIpc) is 3.33. The molecular weight excluding hydrogens is 366 g/mol. The molecule has 5 rings (SSSR count). The van der Waals surface area contributed by atoms with Crippen molar-refractivity contribution in [2.45, 2.75) is 70.1 Å². The summed E-state index contributed by atoms with van der Waals surface area (Å²) in [6.45, 7) is 3.95. The molecule has 2 amide bonds. The summed E-state index contributed by atoms with van der Waals surface area (Å²) in [5.74, 6) is 0.308. The summed E-state index contributed by atoms with van der Waals surface area (Å²) < 4.78 is 5.37. The topological polar surface area (TPSA) is 66.7 Å². The Morgan fingerprint density at radius 2 is 1.90 bits per heavy atom. The largest absolute Gasteiger partial charge is 0.438 e. The summed E-state index contributed by atoms with van der Waals surface area (Å²) in [4.78, 5) is 34.4. The third-order valence-corrected chi connectivity index (χ3v) is 7.49. The monoisotopic (exact) mass is 393 g/mol. The van der Waals surface area contributed by atoms with Crippen LogP contribution in [0.4, 0.5) is 0 Å². The molecule has 0 radical (unpaired) electrons. The van der Waals surface area contributed by atoms with Gasteiger partial charge in [-0.1, -0.05) is 37.3 Å². The second-order valence-corrected chi connectivity index (χ2v) is 9.00. The molecule has 6 nitrogen and oxygen atoms in total. The lowest BCUT2D eigenvalue weighted by Crippen LogP contribution is -2.62. The van der Waals surface area contributed by atoms with Crippen LogP contribution in [0.5, 0.6) is 0 Å². The van der Waals surface area contributed by atoms with Crippen molar-refractivity contribution in [3.05, 3.63) is 54.2 Å². The van der Waals surface area contributed by atoms with E-state index in [0.717, 1.165) is 32.1 Å². The van der Waals surface area contributed by atoms with E-state index in [1.54, 1.807) is 6.92 Å². The summed E-state index contributed by atoms with van der Waals surface area (Å²) >= 11 is 0. The summed E-state index contributed by atoms with van der Waals surface area (Å²) in [7, 11) is 0. The van der Waals surface area contributed by atoms with Gasteiger partial charge in [0.25, 0.3) is 5.91 Å². The van der Waals surface area contributed by atoms with E-state index < -0.39 is 0 Å². The maximum absolute atomic E-state index is 13.5. The Balaban J connectivity index is 1.59. The molecule has 2 bridgehead atoms. The van der Waals surface area contributed by atoms with Gasteiger partial charge in [0.05, 0.1) is 18.3 Å². The van der Waals surface area contributed by atoms with Gasteiger partial charge in [-0.3, -0.25) is 9.59 Å². The van der Waals surface area contributed by atoms with Gasteiger partial charge in [-0.05, 0) is 37.7 Å². The fraction of sp³-hybridized carbons (Fsp3) is 0.522. The number of piperidine rings is 1. The fourth-order valence-electron chi connectivity index (χ4n) is 6.37. The van der Waals surface area contributed by atoms with Crippen molar-refractivity contribution in [2.75, 3.05) is 0 Å². The maximum atomic E-state index is 13.5. The number of hydrogen-bond acceptors (Lipinski definition) is 4. The quantitative estimate of drug-likeness (QED) is 0.803. The number of likely N-dealkylation sites (tertiary alicyclic amines) is 2. The highest BCUT2D eigenvalue weighted by molar-refractivity contribution is 5.92. The Bertz CT molecular complexity index is 913. The first-order valence-corrected chi connectivity index (χ1v) is 10.5. The third kappa shape index (κ3) is 2.72. The Morgan fingerprint density at radius 1 is 1.17 bits per heavy atom. The van der Waals surface area contributed by atoms with Gasteiger partial charge in [-0.15, -0.1) is 0 Å². The molecule has 1 aromatic carbocycles. The van der Waals surface area contributed by atoms with Crippen LogP contribution in [0.25, 0.3) is 0 Å². The van der Waals surface area contributed by atoms with E-state index in [2.05, 4.69) is 28.9 Å². The first kappa shape index (κ1) is 18.4. The van der Waals surface area contributed by atoms with Gasteiger partial charge in [0, 0.05) is 24.4 Å². The Hall–Kier alpha value is -2.63. The molecule has 3 fully saturated rings. The summed E-state index contributed by atoms with van der Waals surface area (Å²) in [6, 6.07) is 10.6. The summed E-state index contributed by atoms with van der Waals surface area (Å²) in [6.07, 6.45) is 7.52. The Labute approximate surface area is 170 Å². The normalized spacial score (nSPS) is 33.0. The number of carbonyl (C=O) groups is 2. The third-order valence-electron chi connectivity index (χ3n) is 7.49. The molecule has 0 unspecified atom stereocenters. The van der Waals surface area contributed by atoms with Crippen LogP contribution in [-0.2, 0) is 11.2 Å². The number of aromatic nitrogens is 1. The number of benzene rings is 1. The lowest BCUT2D eigenvalue weighted by molar-refractivity contribution is -0.142. The van der Waals surface area contributed by atoms with Crippen molar-refractivity contribution in [3.8, 4) is 0 Å². The molecule has 0 spiro atoms. The van der Waals surface area contributed by atoms with Gasteiger partial charge in [0.1, 0.15) is 0 Å². The molecule has 1 aromatic heterocycles. The van der Waals surface area contributed by atoms with Crippen molar-refractivity contribution >= 4 is 11.8 Å². The van der Waals surface area contributed by atoms with Crippen molar-refractivity contribution in [1.29, 1.82) is 0 Å². The molecule has 2 saturated heterocycles. The molecular formula is C23H27N3O3. The van der Waals surface area contributed by atoms with Crippen LogP contribution in [-0.4, -0.2) is 50.8 Å². The van der Waals surface area contributed by atoms with Gasteiger partial charge in [-0.25, -0.2) is 4.98 Å². The molecule has 5 atom stereocenters. The minimum Gasteiger partial charge on any atom is -0.438 e. The average molecular weight is 393 g/mol. The maximum Gasteiger partial charge on any atom is 0.291 e. The zero-order valence-corrected chi connectivity index (χ0v) is 17.0. The zero-order valence-electron chi connectivity index (χ0n) is 17.0. The van der Waals surface area contributed by atoms with Crippen LogP contribution in [0, 0.1) is 5.41 Å². The van der Waals surface area contributed by atoms with Crippen molar-refractivity contribution in [1.82, 2.24) is 14.8 Å². The lowest BCUT2D eigenvalue weighted by atomic mass is 9.64. The number of carbonyl (C=O) groups excluding carboxylic acids is 2. The van der Waals surface area contributed by atoms with E-state index in [1.807, 2.05) is 23.1 Å². The molecule has 3 heterocycles. The van der Waals surface area contributed by atoms with E-state index in [0.29, 0.717) is 0 Å². The second-order valence-electron chi connectivity index (χ2n) is 9.00. The molecule has 0 N–H and O–H groups in total. The second kappa shape index (κ2) is 6.71. The molecule has 6 heteroatoms. The highest BCUT2D eigenvalue weighted by Gasteiger charge is 2.64. The van der Waals surface area contributed by atoms with E-state index in [1.165, 1.54) is 18.2 Å². The molecule has 152 valence electrons. The molecule has 2 aliphatic heterocycles. The first-order valence-electron chi connectivity index (χ1n) is 10.5. The minimum atomic E-state index is -0.0923. The Morgan fingerprint density at radius 3 is 2.55 bits per heavy atom. The zero-order chi connectivity index (χ0) is 20.2. The summed E-state index contributed by atoms with van der Waals surface area (Å²) in [5.41, 5.74) is 1.12. The number of amides is 2. The van der Waals surface area contributed by atoms with Crippen LogP contribution in [0.1, 0.15) is 55.6 Å². The number of oxazole rings is 1. The highest BCUT2D eigenvalue weighted by atomic mass is 16.3. The highest BCUT2D eigenvalue weighted by Crippen LogP contribution is 2.56. The van der Waals surface area contributed by atoms with Crippen LogP contribution in [0.2, 0.25) is 0 Å². The van der Waals surface area contributed by atoms with Crippen LogP contribution in [0.3, 0.4) is 0 Å². The fourth-order valence-corrected chi connectivity index (χ4v) is 6.37. The number of rotatable bonds is 3. The standard InChI is InChI=1S/C23H27N3O3/c1-15(27)25-17(11-16-7-4-3-5-8-16)18-12-23(2)20(25)9-6-10-21(23)26(18)22(28)19-13-24-14-29-19/h3-5,7-8,13-14,17-18,20-21H,6,9-12H2,1-2H3/t17-,18-,20+,21-,23+/m0/s1. The van der Waals surface area contributed by atoms with E-state index in [4.69, 9.17) is 4.42 Å². The molecule has 2 aromatic rings.